The van der Waals surface area contributed by atoms with E-state index in [1.165, 1.54) is 0 Å². The first-order valence-electron chi connectivity index (χ1n) is 6.63. The molecule has 1 aliphatic rings. The maximum atomic E-state index is 13.3. The normalized spacial score (nSPS) is 22.4. The molecule has 1 aromatic rings. The number of halogens is 2. The second-order valence-corrected chi connectivity index (χ2v) is 5.23. The van der Waals surface area contributed by atoms with Crippen LogP contribution in [0.2, 0.25) is 0 Å². The number of alkyl halides is 2. The minimum Gasteiger partial charge on any atom is -0.335 e. The van der Waals surface area contributed by atoms with Gasteiger partial charge < -0.3 is 10.3 Å². The molecule has 0 amide bonds. The van der Waals surface area contributed by atoms with Crippen molar-refractivity contribution >= 4 is 5.78 Å². The lowest BCUT2D eigenvalue weighted by Gasteiger charge is -2.28. The van der Waals surface area contributed by atoms with E-state index in [0.29, 0.717) is 31.6 Å². The molecule has 1 saturated carbocycles. The summed E-state index contributed by atoms with van der Waals surface area (Å²) in [6, 6.07) is 0. The molecule has 2 N–H and O–H groups in total. The van der Waals surface area contributed by atoms with Crippen LogP contribution < -0.4 is 5.73 Å². The van der Waals surface area contributed by atoms with Crippen LogP contribution in [-0.4, -0.2) is 27.8 Å². The standard InChI is InChI=1S/C13H19F2N3O/c14-13(15)3-1-2-10(7-13)6-12(19)11-8-18(5-4-16)9-17-11/h8-10H,1-7,16H2. The Morgan fingerprint density at radius 1 is 1.58 bits per heavy atom. The second-order valence-electron chi connectivity index (χ2n) is 5.23. The Labute approximate surface area is 111 Å². The predicted octanol–water partition coefficient (Wildman–Crippen LogP) is 2.24. The number of nitrogens with zero attached hydrogens (tertiary/aromatic N) is 2. The smallest absolute Gasteiger partial charge is 0.248 e. The predicted molar refractivity (Wildman–Crippen MR) is 67.1 cm³/mol. The molecule has 0 saturated heterocycles. The molecule has 19 heavy (non-hydrogen) atoms. The van der Waals surface area contributed by atoms with Crippen molar-refractivity contribution in [2.75, 3.05) is 6.54 Å². The van der Waals surface area contributed by atoms with Gasteiger partial charge in [0, 0.05) is 38.5 Å². The van der Waals surface area contributed by atoms with E-state index in [-0.39, 0.29) is 31.0 Å². The highest BCUT2D eigenvalue weighted by Crippen LogP contribution is 2.38. The largest absolute Gasteiger partial charge is 0.335 e. The first kappa shape index (κ1) is 14.1. The van der Waals surface area contributed by atoms with Crippen LogP contribution in [0.1, 0.15) is 42.6 Å². The van der Waals surface area contributed by atoms with Crippen LogP contribution >= 0.6 is 0 Å². The number of carbonyl (C=O) groups is 1. The number of rotatable bonds is 5. The molecule has 0 aliphatic heterocycles. The zero-order chi connectivity index (χ0) is 13.9. The summed E-state index contributed by atoms with van der Waals surface area (Å²) >= 11 is 0. The topological polar surface area (TPSA) is 60.9 Å². The molecule has 0 radical (unpaired) electrons. The Morgan fingerprint density at radius 3 is 3.05 bits per heavy atom. The molecular formula is C13H19F2N3O. The van der Waals surface area contributed by atoms with Crippen LogP contribution in [0, 0.1) is 5.92 Å². The molecule has 2 rings (SSSR count). The first-order chi connectivity index (χ1) is 9.00. The zero-order valence-electron chi connectivity index (χ0n) is 10.8. The Hall–Kier alpha value is -1.30. The van der Waals surface area contributed by atoms with E-state index in [1.807, 2.05) is 0 Å². The summed E-state index contributed by atoms with van der Waals surface area (Å²) < 4.78 is 28.3. The van der Waals surface area contributed by atoms with E-state index in [2.05, 4.69) is 4.98 Å². The summed E-state index contributed by atoms with van der Waals surface area (Å²) in [6.45, 7) is 1.07. The lowest BCUT2D eigenvalue weighted by Crippen LogP contribution is -2.27. The molecule has 1 fully saturated rings. The summed E-state index contributed by atoms with van der Waals surface area (Å²) in [6.07, 6.45) is 4.31. The van der Waals surface area contributed by atoms with Gasteiger partial charge in [0.2, 0.25) is 5.92 Å². The maximum Gasteiger partial charge on any atom is 0.248 e. The summed E-state index contributed by atoms with van der Waals surface area (Å²) in [5.74, 6) is -2.99. The van der Waals surface area contributed by atoms with Crippen molar-refractivity contribution in [3.8, 4) is 0 Å². The van der Waals surface area contributed by atoms with Gasteiger partial charge in [-0.25, -0.2) is 13.8 Å². The monoisotopic (exact) mass is 271 g/mol. The van der Waals surface area contributed by atoms with Crippen molar-refractivity contribution in [1.29, 1.82) is 0 Å². The molecule has 4 nitrogen and oxygen atoms in total. The van der Waals surface area contributed by atoms with Gasteiger partial charge in [-0.3, -0.25) is 4.79 Å². The SMILES string of the molecule is NCCn1cnc(C(=O)CC2CCCC(F)(F)C2)c1. The van der Waals surface area contributed by atoms with Gasteiger partial charge >= 0.3 is 0 Å². The number of ketones is 1. The van der Waals surface area contributed by atoms with Crippen molar-refractivity contribution in [2.45, 2.75) is 44.6 Å². The van der Waals surface area contributed by atoms with E-state index in [1.54, 1.807) is 17.1 Å². The van der Waals surface area contributed by atoms with Crippen LogP contribution in [-0.2, 0) is 6.54 Å². The van der Waals surface area contributed by atoms with E-state index in [9.17, 15) is 13.6 Å². The van der Waals surface area contributed by atoms with Crippen molar-refractivity contribution < 1.29 is 13.6 Å². The molecule has 6 heteroatoms. The molecule has 1 heterocycles. The van der Waals surface area contributed by atoms with E-state index < -0.39 is 5.92 Å². The fraction of sp³-hybridized carbons (Fsp3) is 0.692. The fourth-order valence-corrected chi connectivity index (χ4v) is 2.59. The number of hydrogen-bond donors (Lipinski definition) is 1. The van der Waals surface area contributed by atoms with Gasteiger partial charge in [0.05, 0.1) is 6.33 Å². The van der Waals surface area contributed by atoms with Gasteiger partial charge in [0.25, 0.3) is 0 Å². The molecule has 0 spiro atoms. The lowest BCUT2D eigenvalue weighted by molar-refractivity contribution is -0.0521. The highest BCUT2D eigenvalue weighted by molar-refractivity contribution is 5.94. The Balaban J connectivity index is 1.92. The van der Waals surface area contributed by atoms with Crippen LogP contribution in [0.5, 0.6) is 0 Å². The summed E-state index contributed by atoms with van der Waals surface area (Å²) in [5, 5.41) is 0. The Morgan fingerprint density at radius 2 is 2.37 bits per heavy atom. The van der Waals surface area contributed by atoms with Crippen LogP contribution in [0.25, 0.3) is 0 Å². The van der Waals surface area contributed by atoms with Gasteiger partial charge in [0.15, 0.2) is 5.78 Å². The Kier molecular flexibility index (Phi) is 4.29. The number of imidazole rings is 1. The van der Waals surface area contributed by atoms with E-state index in [0.717, 1.165) is 0 Å². The second kappa shape index (κ2) is 5.77. The van der Waals surface area contributed by atoms with Gasteiger partial charge in [-0.2, -0.15) is 0 Å². The average Bonchev–Trinajstić information content (AvgIpc) is 2.77. The molecule has 1 unspecified atom stereocenters. The molecule has 1 aliphatic carbocycles. The van der Waals surface area contributed by atoms with Crippen LogP contribution in [0.15, 0.2) is 12.5 Å². The van der Waals surface area contributed by atoms with Crippen molar-refractivity contribution in [3.63, 3.8) is 0 Å². The number of nitrogens with two attached hydrogens (primary N) is 1. The number of Topliss-reactive ketones (excluding diaryl/α,β-unsaturated/α-hetero) is 1. The maximum absolute atomic E-state index is 13.3. The third kappa shape index (κ3) is 3.83. The average molecular weight is 271 g/mol. The minimum absolute atomic E-state index is 0.0528. The molecule has 0 bridgehead atoms. The number of aromatic nitrogens is 2. The van der Waals surface area contributed by atoms with Crippen LogP contribution in [0.3, 0.4) is 0 Å². The van der Waals surface area contributed by atoms with Crippen LogP contribution in [0.4, 0.5) is 8.78 Å². The van der Waals surface area contributed by atoms with Gasteiger partial charge in [-0.05, 0) is 18.8 Å². The zero-order valence-corrected chi connectivity index (χ0v) is 10.8. The number of carbonyl (C=O) groups excluding carboxylic acids is 1. The Bertz CT molecular complexity index is 445. The minimum atomic E-state index is -2.61. The van der Waals surface area contributed by atoms with Crippen molar-refractivity contribution in [1.82, 2.24) is 9.55 Å². The van der Waals surface area contributed by atoms with Gasteiger partial charge in [0.1, 0.15) is 5.69 Å². The molecular weight excluding hydrogens is 252 g/mol. The third-order valence-electron chi connectivity index (χ3n) is 3.52. The van der Waals surface area contributed by atoms with Gasteiger partial charge in [-0.15, -0.1) is 0 Å². The first-order valence-corrected chi connectivity index (χ1v) is 6.63. The van der Waals surface area contributed by atoms with Gasteiger partial charge in [-0.1, -0.05) is 0 Å². The number of hydrogen-bond acceptors (Lipinski definition) is 3. The molecule has 1 aromatic heterocycles. The quantitative estimate of drug-likeness (QED) is 0.835. The highest BCUT2D eigenvalue weighted by Gasteiger charge is 2.37. The van der Waals surface area contributed by atoms with Crippen molar-refractivity contribution in [2.24, 2.45) is 11.7 Å². The summed E-state index contributed by atoms with van der Waals surface area (Å²) in [7, 11) is 0. The summed E-state index contributed by atoms with van der Waals surface area (Å²) in [5.41, 5.74) is 5.76. The lowest BCUT2D eigenvalue weighted by atomic mass is 9.83. The molecule has 0 aromatic carbocycles. The molecule has 106 valence electrons. The highest BCUT2D eigenvalue weighted by atomic mass is 19.3. The third-order valence-corrected chi connectivity index (χ3v) is 3.52. The fourth-order valence-electron chi connectivity index (χ4n) is 2.59. The van der Waals surface area contributed by atoms with Crippen molar-refractivity contribution in [3.05, 3.63) is 18.2 Å². The van der Waals surface area contributed by atoms with E-state index in [4.69, 9.17) is 5.73 Å². The molecule has 1 atom stereocenters. The van der Waals surface area contributed by atoms with E-state index >= 15 is 0 Å². The summed E-state index contributed by atoms with van der Waals surface area (Å²) in [4.78, 5) is 16.0.